The number of sulfonamides is 1. The standard InChI is InChI=1S/C14H15N5O5S3/c1-23-13-16-11(17-14(18-13)24-2)15-12(20)19-27(21,22)9-5-3-4-8-10(9)26-7-6-25-8/h3-5H,6-7H2,1-2H3,(H2,15,16,17,18,19,20). The lowest BCUT2D eigenvalue weighted by atomic mass is 10.4. The molecular formula is C14H15N5O5S3. The van der Waals surface area contributed by atoms with Gasteiger partial charge in [-0.2, -0.15) is 9.97 Å². The number of nitrogens with one attached hydrogen (secondary N) is 2. The van der Waals surface area contributed by atoms with Crippen LogP contribution in [0.3, 0.4) is 0 Å². The summed E-state index contributed by atoms with van der Waals surface area (Å²) in [5.74, 6) is 1.48. The molecule has 2 amide bonds. The van der Waals surface area contributed by atoms with Gasteiger partial charge >= 0.3 is 18.1 Å². The number of fused-ring (bicyclic) bond motifs is 1. The fraction of sp³-hybridized carbons (Fsp3) is 0.286. The lowest BCUT2D eigenvalue weighted by Gasteiger charge is -2.18. The summed E-state index contributed by atoms with van der Waals surface area (Å²) < 4.78 is 37.0. The number of benzene rings is 1. The van der Waals surface area contributed by atoms with Crippen molar-refractivity contribution in [3.05, 3.63) is 18.2 Å². The highest BCUT2D eigenvalue weighted by Crippen LogP contribution is 2.40. The van der Waals surface area contributed by atoms with E-state index in [0.29, 0.717) is 4.90 Å². The van der Waals surface area contributed by atoms with Crippen molar-refractivity contribution in [3.63, 3.8) is 0 Å². The average molecular weight is 430 g/mol. The van der Waals surface area contributed by atoms with Gasteiger partial charge in [-0.25, -0.2) is 17.9 Å². The topological polar surface area (TPSA) is 132 Å². The summed E-state index contributed by atoms with van der Waals surface area (Å²) in [4.78, 5) is 25.2. The van der Waals surface area contributed by atoms with Crippen LogP contribution in [0, 0.1) is 0 Å². The molecule has 1 aromatic carbocycles. The van der Waals surface area contributed by atoms with Crippen LogP contribution >= 0.6 is 23.5 Å². The minimum Gasteiger partial charge on any atom is -0.467 e. The molecule has 2 aromatic rings. The van der Waals surface area contributed by atoms with E-state index in [2.05, 4.69) is 20.3 Å². The van der Waals surface area contributed by atoms with Gasteiger partial charge in [-0.15, -0.1) is 28.5 Å². The number of carbonyl (C=O) groups excluding carboxylic acids is 1. The quantitative estimate of drug-likeness (QED) is 0.722. The van der Waals surface area contributed by atoms with Gasteiger partial charge < -0.3 is 9.47 Å². The molecule has 0 atom stereocenters. The molecule has 3 rings (SSSR count). The lowest BCUT2D eigenvalue weighted by molar-refractivity contribution is 0.256. The first-order valence-corrected chi connectivity index (χ1v) is 10.9. The van der Waals surface area contributed by atoms with Crippen LogP contribution in [-0.4, -0.2) is 55.1 Å². The summed E-state index contributed by atoms with van der Waals surface area (Å²) in [5.41, 5.74) is 0. The average Bonchev–Trinajstić information content (AvgIpc) is 2.66. The van der Waals surface area contributed by atoms with Gasteiger partial charge in [-0.05, 0) is 12.1 Å². The number of aromatic nitrogens is 3. The van der Waals surface area contributed by atoms with E-state index in [-0.39, 0.29) is 22.9 Å². The van der Waals surface area contributed by atoms with Gasteiger partial charge in [0.1, 0.15) is 4.90 Å². The maximum absolute atomic E-state index is 12.7. The van der Waals surface area contributed by atoms with Crippen LogP contribution in [-0.2, 0) is 10.0 Å². The van der Waals surface area contributed by atoms with Gasteiger partial charge in [0.05, 0.1) is 14.2 Å². The number of nitrogens with zero attached hydrogens (tertiary/aromatic N) is 3. The van der Waals surface area contributed by atoms with E-state index in [1.165, 1.54) is 32.0 Å². The number of hydrogen-bond acceptors (Lipinski definition) is 10. The molecule has 0 saturated heterocycles. The van der Waals surface area contributed by atoms with Gasteiger partial charge in [0.15, 0.2) is 0 Å². The second-order valence-corrected chi connectivity index (χ2v) is 8.87. The Labute approximate surface area is 163 Å². The zero-order chi connectivity index (χ0) is 19.4. The fourth-order valence-corrected chi connectivity index (χ4v) is 6.01. The maximum atomic E-state index is 12.7. The second kappa shape index (κ2) is 8.19. The summed E-state index contributed by atoms with van der Waals surface area (Å²) in [7, 11) is -1.42. The molecule has 0 unspecified atom stereocenters. The van der Waals surface area contributed by atoms with E-state index in [0.717, 1.165) is 16.4 Å². The minimum atomic E-state index is -4.08. The smallest absolute Gasteiger partial charge is 0.335 e. The number of amides is 2. The number of carbonyl (C=O) groups is 1. The summed E-state index contributed by atoms with van der Waals surface area (Å²) >= 11 is 3.03. The molecule has 0 spiro atoms. The predicted octanol–water partition coefficient (Wildman–Crippen LogP) is 1.60. The van der Waals surface area contributed by atoms with E-state index < -0.39 is 16.1 Å². The maximum Gasteiger partial charge on any atom is 0.335 e. The first kappa shape index (κ1) is 19.5. The van der Waals surface area contributed by atoms with Crippen molar-refractivity contribution in [2.75, 3.05) is 31.0 Å². The molecule has 0 fully saturated rings. The molecule has 0 bridgehead atoms. The highest BCUT2D eigenvalue weighted by molar-refractivity contribution is 8.06. The van der Waals surface area contributed by atoms with E-state index in [1.54, 1.807) is 17.8 Å². The van der Waals surface area contributed by atoms with E-state index >= 15 is 0 Å². The largest absolute Gasteiger partial charge is 0.467 e. The van der Waals surface area contributed by atoms with Gasteiger partial charge in [0, 0.05) is 21.3 Å². The molecule has 13 heteroatoms. The number of methoxy groups -OCH3 is 2. The zero-order valence-electron chi connectivity index (χ0n) is 14.3. The van der Waals surface area contributed by atoms with Crippen LogP contribution in [0.4, 0.5) is 10.7 Å². The van der Waals surface area contributed by atoms with Gasteiger partial charge in [-0.3, -0.25) is 5.32 Å². The van der Waals surface area contributed by atoms with Crippen LogP contribution < -0.4 is 19.5 Å². The van der Waals surface area contributed by atoms with Crippen LogP contribution in [0.15, 0.2) is 32.9 Å². The van der Waals surface area contributed by atoms with Crippen molar-refractivity contribution in [3.8, 4) is 12.0 Å². The molecule has 2 heterocycles. The predicted molar refractivity (Wildman–Crippen MR) is 100 cm³/mol. The summed E-state index contributed by atoms with van der Waals surface area (Å²) in [6.07, 6.45) is 0. The second-order valence-electron chi connectivity index (χ2n) is 4.97. The zero-order valence-corrected chi connectivity index (χ0v) is 16.7. The molecule has 0 saturated carbocycles. The fourth-order valence-electron chi connectivity index (χ4n) is 2.14. The lowest BCUT2D eigenvalue weighted by Crippen LogP contribution is -2.35. The van der Waals surface area contributed by atoms with Crippen molar-refractivity contribution in [1.82, 2.24) is 19.7 Å². The van der Waals surface area contributed by atoms with Gasteiger partial charge in [0.2, 0.25) is 5.95 Å². The van der Waals surface area contributed by atoms with Crippen LogP contribution in [0.5, 0.6) is 12.0 Å². The highest BCUT2D eigenvalue weighted by atomic mass is 32.2. The Morgan fingerprint density at radius 2 is 1.74 bits per heavy atom. The first-order chi connectivity index (χ1) is 12.9. The molecule has 1 aromatic heterocycles. The molecule has 27 heavy (non-hydrogen) atoms. The third kappa shape index (κ3) is 4.54. The van der Waals surface area contributed by atoms with E-state index in [4.69, 9.17) is 9.47 Å². The summed E-state index contributed by atoms with van der Waals surface area (Å²) in [6.45, 7) is 0. The minimum absolute atomic E-state index is 0.0538. The van der Waals surface area contributed by atoms with Crippen molar-refractivity contribution in [1.29, 1.82) is 0 Å². The van der Waals surface area contributed by atoms with Crippen LogP contribution in [0.25, 0.3) is 0 Å². The number of hydrogen-bond donors (Lipinski definition) is 2. The number of urea groups is 1. The molecule has 2 N–H and O–H groups in total. The number of thioether (sulfide) groups is 2. The molecule has 144 valence electrons. The van der Waals surface area contributed by atoms with E-state index in [9.17, 15) is 13.2 Å². The Hall–Kier alpha value is -2.25. The Kier molecular flexibility index (Phi) is 5.92. The molecule has 0 aliphatic carbocycles. The van der Waals surface area contributed by atoms with Crippen LogP contribution in [0.2, 0.25) is 0 Å². The Balaban J connectivity index is 1.80. The number of anilines is 1. The van der Waals surface area contributed by atoms with Gasteiger partial charge in [0.25, 0.3) is 10.0 Å². The Morgan fingerprint density at radius 3 is 2.41 bits per heavy atom. The number of ether oxygens (including phenoxy) is 2. The van der Waals surface area contributed by atoms with Gasteiger partial charge in [-0.1, -0.05) is 6.07 Å². The molecule has 0 radical (unpaired) electrons. The molecule has 1 aliphatic heterocycles. The van der Waals surface area contributed by atoms with Crippen molar-refractivity contribution in [2.24, 2.45) is 0 Å². The summed E-state index contributed by atoms with van der Waals surface area (Å²) in [5, 5.41) is 2.23. The first-order valence-electron chi connectivity index (χ1n) is 7.49. The van der Waals surface area contributed by atoms with Crippen molar-refractivity contribution in [2.45, 2.75) is 14.7 Å². The SMILES string of the molecule is COc1nc(NC(=O)NS(=O)(=O)c2cccc3c2SCCS3)nc(OC)n1. The monoisotopic (exact) mass is 429 g/mol. The Bertz CT molecular complexity index is 947. The summed E-state index contributed by atoms with van der Waals surface area (Å²) in [6, 6.07) is 3.76. The molecular weight excluding hydrogens is 414 g/mol. The third-order valence-electron chi connectivity index (χ3n) is 3.23. The highest BCUT2D eigenvalue weighted by Gasteiger charge is 2.25. The Morgan fingerprint density at radius 1 is 1.07 bits per heavy atom. The number of rotatable bonds is 5. The third-order valence-corrected chi connectivity index (χ3v) is 7.32. The van der Waals surface area contributed by atoms with Crippen molar-refractivity contribution < 1.29 is 22.7 Å². The normalized spacial score (nSPS) is 13.4. The molecule has 1 aliphatic rings. The molecule has 10 nitrogen and oxygen atoms in total. The van der Waals surface area contributed by atoms with E-state index in [1.807, 2.05) is 10.8 Å². The van der Waals surface area contributed by atoms with Crippen LogP contribution in [0.1, 0.15) is 0 Å². The van der Waals surface area contributed by atoms with Crippen molar-refractivity contribution >= 4 is 45.5 Å².